The lowest BCUT2D eigenvalue weighted by Crippen LogP contribution is -2.28. The summed E-state index contributed by atoms with van der Waals surface area (Å²) < 4.78 is 0. The highest BCUT2D eigenvalue weighted by Gasteiger charge is 2.64. The van der Waals surface area contributed by atoms with E-state index < -0.39 is 0 Å². The topological polar surface area (TPSA) is 29.3 Å². The Bertz CT molecular complexity index is 212. The van der Waals surface area contributed by atoms with Crippen LogP contribution in [0.2, 0.25) is 0 Å². The molecule has 0 aromatic carbocycles. The van der Waals surface area contributed by atoms with Crippen molar-refractivity contribution in [2.24, 2.45) is 35.3 Å². The summed E-state index contributed by atoms with van der Waals surface area (Å²) in [6.07, 6.45) is 4.66. The van der Waals surface area contributed by atoms with Crippen molar-refractivity contribution in [3.8, 4) is 0 Å². The molecule has 80 valence electrons. The van der Waals surface area contributed by atoms with Crippen LogP contribution in [0.25, 0.3) is 0 Å². The number of fused-ring (bicyclic) bond motifs is 5. The van der Waals surface area contributed by atoms with E-state index in [2.05, 4.69) is 11.9 Å². The smallest absolute Gasteiger partial charge is 0.0102 e. The van der Waals surface area contributed by atoms with Gasteiger partial charge in [-0.05, 0) is 55.9 Å². The molecule has 0 heterocycles. The molecule has 3 aliphatic rings. The zero-order chi connectivity index (χ0) is 9.71. The zero-order valence-electron chi connectivity index (χ0n) is 9.15. The van der Waals surface area contributed by atoms with Crippen molar-refractivity contribution in [3.05, 3.63) is 0 Å². The van der Waals surface area contributed by atoms with E-state index in [1.54, 1.807) is 19.3 Å². The Kier molecular flexibility index (Phi) is 2.10. The second-order valence-corrected chi connectivity index (χ2v) is 5.70. The van der Waals surface area contributed by atoms with Gasteiger partial charge in [0.15, 0.2) is 0 Å². The van der Waals surface area contributed by atoms with Crippen LogP contribution in [0, 0.1) is 29.6 Å². The van der Waals surface area contributed by atoms with Crippen LogP contribution in [0.4, 0.5) is 0 Å². The normalized spacial score (nSPS) is 48.6. The van der Waals surface area contributed by atoms with Gasteiger partial charge in [0.05, 0.1) is 0 Å². The number of rotatable bonds is 4. The molecule has 3 aliphatic carbocycles. The highest BCUT2D eigenvalue weighted by Crippen LogP contribution is 2.69. The third kappa shape index (κ3) is 1.24. The molecular formula is C12H22N2. The van der Waals surface area contributed by atoms with Crippen molar-refractivity contribution >= 4 is 0 Å². The maximum atomic E-state index is 5.57. The standard InChI is InChI=1S/C12H22N2/c1-14(5-4-13)7-10-11-8-2-3-9(6-8)12(10)11/h8-12H,2-7,13H2,1H3. The Morgan fingerprint density at radius 1 is 1.21 bits per heavy atom. The van der Waals surface area contributed by atoms with Crippen LogP contribution >= 0.6 is 0 Å². The van der Waals surface area contributed by atoms with Crippen molar-refractivity contribution in [2.45, 2.75) is 19.3 Å². The lowest BCUT2D eigenvalue weighted by Gasteiger charge is -2.17. The Labute approximate surface area is 86.8 Å². The van der Waals surface area contributed by atoms with Gasteiger partial charge in [-0.3, -0.25) is 0 Å². The first-order valence-electron chi connectivity index (χ1n) is 6.20. The minimum Gasteiger partial charge on any atom is -0.329 e. The van der Waals surface area contributed by atoms with Crippen LogP contribution in [-0.4, -0.2) is 31.6 Å². The molecule has 3 fully saturated rings. The maximum Gasteiger partial charge on any atom is 0.0102 e. The number of likely N-dealkylation sites (N-methyl/N-ethyl adjacent to an activating group) is 1. The van der Waals surface area contributed by atoms with Crippen LogP contribution in [0.3, 0.4) is 0 Å². The van der Waals surface area contributed by atoms with Crippen LogP contribution in [0.1, 0.15) is 19.3 Å². The summed E-state index contributed by atoms with van der Waals surface area (Å²) in [7, 11) is 2.23. The van der Waals surface area contributed by atoms with Crippen molar-refractivity contribution in [1.82, 2.24) is 4.90 Å². The highest BCUT2D eigenvalue weighted by atomic mass is 15.1. The summed E-state index contributed by atoms with van der Waals surface area (Å²) in [4.78, 5) is 2.43. The first-order chi connectivity index (χ1) is 6.81. The van der Waals surface area contributed by atoms with Gasteiger partial charge in [-0.2, -0.15) is 0 Å². The van der Waals surface area contributed by atoms with E-state index in [-0.39, 0.29) is 0 Å². The first-order valence-corrected chi connectivity index (χ1v) is 6.20. The summed E-state index contributed by atoms with van der Waals surface area (Å²) in [6.45, 7) is 3.20. The van der Waals surface area contributed by atoms with Crippen LogP contribution in [0.15, 0.2) is 0 Å². The molecule has 3 rings (SSSR count). The lowest BCUT2D eigenvalue weighted by atomic mass is 10.0. The minimum atomic E-state index is 0.811. The van der Waals surface area contributed by atoms with Crippen LogP contribution in [-0.2, 0) is 0 Å². The second-order valence-electron chi connectivity index (χ2n) is 5.70. The molecule has 0 spiro atoms. The molecule has 0 saturated heterocycles. The number of hydrogen-bond acceptors (Lipinski definition) is 2. The Balaban J connectivity index is 1.54. The molecule has 0 radical (unpaired) electrons. The molecule has 2 nitrogen and oxygen atoms in total. The molecule has 2 N–H and O–H groups in total. The van der Waals surface area contributed by atoms with E-state index in [9.17, 15) is 0 Å². The molecule has 0 aromatic heterocycles. The molecule has 0 aliphatic heterocycles. The summed E-state index contributed by atoms with van der Waals surface area (Å²) in [5, 5.41) is 0. The van der Waals surface area contributed by atoms with Gasteiger partial charge < -0.3 is 10.6 Å². The number of hydrogen-bond donors (Lipinski definition) is 1. The molecule has 0 aromatic rings. The largest absolute Gasteiger partial charge is 0.329 e. The predicted octanol–water partition coefficient (Wildman–Crippen LogP) is 1.17. The van der Waals surface area contributed by atoms with E-state index in [1.807, 2.05) is 0 Å². The van der Waals surface area contributed by atoms with Gasteiger partial charge in [0.2, 0.25) is 0 Å². The average Bonchev–Trinajstić information content (AvgIpc) is 2.60. The monoisotopic (exact) mass is 194 g/mol. The van der Waals surface area contributed by atoms with E-state index >= 15 is 0 Å². The van der Waals surface area contributed by atoms with Crippen LogP contribution < -0.4 is 5.73 Å². The summed E-state index contributed by atoms with van der Waals surface area (Å²) in [5.74, 6) is 5.57. The third-order valence-electron chi connectivity index (χ3n) is 4.93. The molecule has 2 heteroatoms. The fourth-order valence-electron chi connectivity index (χ4n) is 4.42. The minimum absolute atomic E-state index is 0.811. The molecule has 14 heavy (non-hydrogen) atoms. The third-order valence-corrected chi connectivity index (χ3v) is 4.93. The maximum absolute atomic E-state index is 5.57. The van der Waals surface area contributed by atoms with Gasteiger partial charge in [0.25, 0.3) is 0 Å². The molecular weight excluding hydrogens is 172 g/mol. The van der Waals surface area contributed by atoms with Crippen molar-refractivity contribution in [2.75, 3.05) is 26.7 Å². The summed E-state index contributed by atoms with van der Waals surface area (Å²) in [5.41, 5.74) is 5.57. The van der Waals surface area contributed by atoms with E-state index in [0.29, 0.717) is 0 Å². The highest BCUT2D eigenvalue weighted by molar-refractivity contribution is 5.13. The Morgan fingerprint density at radius 2 is 1.86 bits per heavy atom. The molecule has 3 saturated carbocycles. The fourth-order valence-corrected chi connectivity index (χ4v) is 4.42. The van der Waals surface area contributed by atoms with E-state index in [0.717, 1.165) is 42.7 Å². The molecule has 4 atom stereocenters. The van der Waals surface area contributed by atoms with Crippen LogP contribution in [0.5, 0.6) is 0 Å². The average molecular weight is 194 g/mol. The quantitative estimate of drug-likeness (QED) is 0.728. The van der Waals surface area contributed by atoms with Crippen molar-refractivity contribution in [3.63, 3.8) is 0 Å². The van der Waals surface area contributed by atoms with Gasteiger partial charge in [-0.1, -0.05) is 0 Å². The van der Waals surface area contributed by atoms with Gasteiger partial charge >= 0.3 is 0 Å². The second kappa shape index (κ2) is 3.21. The summed E-state index contributed by atoms with van der Waals surface area (Å²) >= 11 is 0. The zero-order valence-corrected chi connectivity index (χ0v) is 9.15. The Hall–Kier alpha value is -0.0800. The van der Waals surface area contributed by atoms with Crippen molar-refractivity contribution < 1.29 is 0 Å². The van der Waals surface area contributed by atoms with Gasteiger partial charge in [-0.15, -0.1) is 0 Å². The molecule has 0 amide bonds. The predicted molar refractivity (Wildman–Crippen MR) is 57.9 cm³/mol. The molecule has 2 bridgehead atoms. The van der Waals surface area contributed by atoms with E-state index in [4.69, 9.17) is 5.73 Å². The van der Waals surface area contributed by atoms with Crippen molar-refractivity contribution in [1.29, 1.82) is 0 Å². The Morgan fingerprint density at radius 3 is 2.43 bits per heavy atom. The first kappa shape index (κ1) is 9.17. The fraction of sp³-hybridized carbons (Fsp3) is 1.00. The van der Waals surface area contributed by atoms with E-state index in [1.165, 1.54) is 6.54 Å². The van der Waals surface area contributed by atoms with Gasteiger partial charge in [0.1, 0.15) is 0 Å². The lowest BCUT2D eigenvalue weighted by molar-refractivity contribution is 0.295. The number of nitrogens with zero attached hydrogens (tertiary/aromatic N) is 1. The van der Waals surface area contributed by atoms with Gasteiger partial charge in [0, 0.05) is 19.6 Å². The molecule has 4 unspecified atom stereocenters. The SMILES string of the molecule is CN(CCN)CC1C2C3CCC(C3)C12. The summed E-state index contributed by atoms with van der Waals surface area (Å²) in [6, 6.07) is 0. The number of nitrogens with two attached hydrogens (primary N) is 1. The van der Waals surface area contributed by atoms with Gasteiger partial charge in [-0.25, -0.2) is 0 Å².